The van der Waals surface area contributed by atoms with E-state index < -0.39 is 21.9 Å². The summed E-state index contributed by atoms with van der Waals surface area (Å²) in [5, 5.41) is 5.41. The third-order valence-electron chi connectivity index (χ3n) is 3.81. The lowest BCUT2D eigenvalue weighted by atomic mass is 10.2. The van der Waals surface area contributed by atoms with Crippen LogP contribution in [0.2, 0.25) is 0 Å². The van der Waals surface area contributed by atoms with Gasteiger partial charge in [-0.05, 0) is 77.0 Å². The number of nitrogens with zero attached hydrogens (tertiary/aromatic N) is 1. The normalized spacial score (nSPS) is 10.8. The van der Waals surface area contributed by atoms with Crippen LogP contribution in [0.4, 0.5) is 5.69 Å². The quantitative estimate of drug-likeness (QED) is 0.177. The Balaban J connectivity index is 1.99. The summed E-state index contributed by atoms with van der Waals surface area (Å²) in [5.41, 5.74) is 11.1. The number of thiocarbonyl (C=S) groups is 1. The number of ether oxygens (including phenoxy) is 1. The summed E-state index contributed by atoms with van der Waals surface area (Å²) in [6.45, 7) is 2.67. The number of hydrogen-bond donors (Lipinski definition) is 4. The van der Waals surface area contributed by atoms with E-state index in [-0.39, 0.29) is 10.0 Å². The lowest BCUT2D eigenvalue weighted by Gasteiger charge is -2.12. The minimum Gasteiger partial charge on any atom is -0.492 e. The van der Waals surface area contributed by atoms with Crippen molar-refractivity contribution in [1.82, 2.24) is 5.32 Å². The first kappa shape index (κ1) is 24.6. The number of benzene rings is 2. The van der Waals surface area contributed by atoms with Gasteiger partial charge in [-0.25, -0.2) is 0 Å². The third kappa shape index (κ3) is 7.49. The van der Waals surface area contributed by atoms with Crippen LogP contribution < -0.4 is 26.8 Å². The van der Waals surface area contributed by atoms with E-state index >= 15 is 0 Å². The molecule has 2 rings (SSSR count). The highest BCUT2D eigenvalue weighted by Gasteiger charge is 2.14. The maximum Gasteiger partial charge on any atom is 0.285 e. The molecule has 0 aromatic heterocycles. The van der Waals surface area contributed by atoms with E-state index in [4.69, 9.17) is 28.4 Å². The minimum absolute atomic E-state index is 0.0456. The summed E-state index contributed by atoms with van der Waals surface area (Å²) >= 11 is 8.55. The summed E-state index contributed by atoms with van der Waals surface area (Å²) < 4.78 is 33.4. The van der Waals surface area contributed by atoms with E-state index in [9.17, 15) is 13.2 Å². The summed E-state index contributed by atoms with van der Waals surface area (Å²) in [7, 11) is -3.98. The molecule has 0 aliphatic rings. The molecule has 0 saturated heterocycles. The number of halogens is 1. The summed E-state index contributed by atoms with van der Waals surface area (Å²) in [6, 6.07) is 10.5. The third-order valence-corrected chi connectivity index (χ3v) is 5.96. The largest absolute Gasteiger partial charge is 0.492 e. The smallest absolute Gasteiger partial charge is 0.285 e. The van der Waals surface area contributed by atoms with Crippen molar-refractivity contribution in [2.45, 2.75) is 24.7 Å². The number of nitrogens with two attached hydrogens (primary N) is 2. The number of amides is 1. The van der Waals surface area contributed by atoms with Gasteiger partial charge >= 0.3 is 0 Å². The number of carbonyl (C=O) groups excluding carboxylic acids is 1. The first-order valence-electron chi connectivity index (χ1n) is 9.13. The van der Waals surface area contributed by atoms with Crippen LogP contribution in [0.3, 0.4) is 0 Å². The number of rotatable bonds is 8. The molecular weight excluding hydrogens is 506 g/mol. The molecule has 9 nitrogen and oxygen atoms in total. The predicted molar refractivity (Wildman–Crippen MR) is 128 cm³/mol. The highest BCUT2D eigenvalue weighted by Crippen LogP contribution is 2.26. The van der Waals surface area contributed by atoms with E-state index in [1.54, 1.807) is 18.2 Å². The molecule has 1 amide bonds. The number of nitrogens with one attached hydrogen (secondary N) is 2. The van der Waals surface area contributed by atoms with E-state index in [0.29, 0.717) is 28.1 Å². The van der Waals surface area contributed by atoms with Crippen molar-refractivity contribution in [1.29, 1.82) is 0 Å². The number of anilines is 1. The molecule has 0 radical (unpaired) electrons. The Morgan fingerprint density at radius 2 is 1.87 bits per heavy atom. The average Bonchev–Trinajstić information content (AvgIpc) is 2.68. The molecular formula is C19H22BrN5O4S2. The SMILES string of the molecule is CCCCOc1ccc(C(=O)NC(=S)Nc2ccc(S(=O)(=O)N=C(N)N)cc2)cc1Br. The first-order chi connectivity index (χ1) is 14.6. The van der Waals surface area contributed by atoms with Gasteiger partial charge in [0.05, 0.1) is 16.0 Å². The van der Waals surface area contributed by atoms with Crippen molar-refractivity contribution >= 4 is 60.8 Å². The predicted octanol–water partition coefficient (Wildman–Crippen LogP) is 2.72. The second kappa shape index (κ2) is 11.1. The van der Waals surface area contributed by atoms with Gasteiger partial charge in [0, 0.05) is 11.3 Å². The van der Waals surface area contributed by atoms with Gasteiger partial charge in [-0.1, -0.05) is 13.3 Å². The molecule has 0 bridgehead atoms. The van der Waals surface area contributed by atoms with Gasteiger partial charge in [0.25, 0.3) is 15.9 Å². The maximum absolute atomic E-state index is 12.4. The fourth-order valence-electron chi connectivity index (χ4n) is 2.32. The minimum atomic E-state index is -3.98. The molecule has 0 aliphatic carbocycles. The number of guanidine groups is 1. The average molecular weight is 528 g/mol. The Morgan fingerprint density at radius 3 is 2.45 bits per heavy atom. The highest BCUT2D eigenvalue weighted by molar-refractivity contribution is 9.10. The van der Waals surface area contributed by atoms with Crippen LogP contribution in [0, 0.1) is 0 Å². The summed E-state index contributed by atoms with van der Waals surface area (Å²) in [6.07, 6.45) is 1.97. The Morgan fingerprint density at radius 1 is 1.19 bits per heavy atom. The molecule has 2 aromatic carbocycles. The molecule has 166 valence electrons. The van der Waals surface area contributed by atoms with E-state index in [1.165, 1.54) is 24.3 Å². The number of carbonyl (C=O) groups is 1. The first-order valence-corrected chi connectivity index (χ1v) is 11.8. The van der Waals surface area contributed by atoms with Crippen LogP contribution in [0.5, 0.6) is 5.75 Å². The van der Waals surface area contributed by atoms with Crippen LogP contribution in [0.15, 0.2) is 56.2 Å². The molecule has 0 saturated carbocycles. The molecule has 0 unspecified atom stereocenters. The second-order valence-corrected chi connectivity index (χ2v) is 9.14. The highest BCUT2D eigenvalue weighted by atomic mass is 79.9. The monoisotopic (exact) mass is 527 g/mol. The molecule has 0 aliphatic heterocycles. The van der Waals surface area contributed by atoms with E-state index in [2.05, 4.69) is 37.9 Å². The van der Waals surface area contributed by atoms with Crippen LogP contribution in [0.1, 0.15) is 30.1 Å². The summed E-state index contributed by atoms with van der Waals surface area (Å²) in [5.74, 6) is -0.315. The van der Waals surface area contributed by atoms with E-state index in [1.807, 2.05) is 0 Å². The molecule has 0 fully saturated rings. The second-order valence-electron chi connectivity index (χ2n) is 6.27. The van der Waals surface area contributed by atoms with Gasteiger partial charge in [0.1, 0.15) is 5.75 Å². The zero-order chi connectivity index (χ0) is 23.0. The molecule has 31 heavy (non-hydrogen) atoms. The van der Waals surface area contributed by atoms with Gasteiger partial charge in [-0.15, -0.1) is 4.40 Å². The fourth-order valence-corrected chi connectivity index (χ4v) is 3.89. The Labute approximate surface area is 194 Å². The zero-order valence-electron chi connectivity index (χ0n) is 16.6. The van der Waals surface area contributed by atoms with Crippen molar-refractivity contribution in [2.75, 3.05) is 11.9 Å². The van der Waals surface area contributed by atoms with Gasteiger partial charge in [0.2, 0.25) is 5.96 Å². The van der Waals surface area contributed by atoms with Crippen molar-refractivity contribution < 1.29 is 17.9 Å². The van der Waals surface area contributed by atoms with Crippen LogP contribution in [0.25, 0.3) is 0 Å². The molecule has 2 aromatic rings. The molecule has 0 heterocycles. The van der Waals surface area contributed by atoms with Gasteiger partial charge in [0.15, 0.2) is 5.11 Å². The van der Waals surface area contributed by atoms with Crippen LogP contribution in [-0.2, 0) is 10.0 Å². The van der Waals surface area contributed by atoms with Crippen molar-refractivity contribution in [2.24, 2.45) is 15.9 Å². The van der Waals surface area contributed by atoms with Gasteiger partial charge in [-0.3, -0.25) is 10.1 Å². The Kier molecular flexibility index (Phi) is 8.77. The van der Waals surface area contributed by atoms with Crippen LogP contribution in [-0.4, -0.2) is 32.0 Å². The molecule has 12 heteroatoms. The van der Waals surface area contributed by atoms with Crippen molar-refractivity contribution in [3.8, 4) is 5.75 Å². The van der Waals surface area contributed by atoms with Crippen molar-refractivity contribution in [3.05, 3.63) is 52.5 Å². The molecule has 6 N–H and O–H groups in total. The number of unbranched alkanes of at least 4 members (excludes halogenated alkanes) is 1. The summed E-state index contributed by atoms with van der Waals surface area (Å²) in [4.78, 5) is 12.3. The zero-order valence-corrected chi connectivity index (χ0v) is 19.8. The topological polar surface area (TPSA) is 149 Å². The fraction of sp³-hybridized carbons (Fsp3) is 0.211. The Bertz CT molecular complexity index is 1080. The van der Waals surface area contributed by atoms with Gasteiger partial charge in [-0.2, -0.15) is 8.42 Å². The molecule has 0 spiro atoms. The number of sulfonamides is 1. The molecule has 0 atom stereocenters. The lowest BCUT2D eigenvalue weighted by molar-refractivity contribution is 0.0977. The number of hydrogen-bond acceptors (Lipinski definition) is 5. The lowest BCUT2D eigenvalue weighted by Crippen LogP contribution is -2.34. The van der Waals surface area contributed by atoms with Crippen molar-refractivity contribution in [3.63, 3.8) is 0 Å². The standard InChI is InChI=1S/C19H22BrN5O4S2/c1-2-3-10-29-16-9-4-12(11-15(16)20)17(26)24-19(30)23-13-5-7-14(8-6-13)31(27,28)25-18(21)22/h4-9,11H,2-3,10H2,1H3,(H4,21,22,25)(H2,23,24,26,30). The van der Waals surface area contributed by atoms with Gasteiger partial charge < -0.3 is 21.5 Å². The Hall–Kier alpha value is -2.70. The van der Waals surface area contributed by atoms with E-state index in [0.717, 1.165) is 12.8 Å². The maximum atomic E-state index is 12.4. The van der Waals surface area contributed by atoms with Crippen LogP contribution >= 0.6 is 28.1 Å².